The summed E-state index contributed by atoms with van der Waals surface area (Å²) < 4.78 is 11.1. The smallest absolute Gasteiger partial charge is 0.106 e. The van der Waals surface area contributed by atoms with Crippen LogP contribution in [0.4, 0.5) is 0 Å². The minimum atomic E-state index is 0.119. The highest BCUT2D eigenvalue weighted by atomic mass is 79.9. The van der Waals surface area contributed by atoms with Crippen LogP contribution in [0.5, 0.6) is 0 Å². The second kappa shape index (κ2) is 5.64. The number of rotatable bonds is 3. The number of halogens is 1. The standard InChI is InChI=1S/C12H15BrO2/c13-6-5-10-3-1-2-4-11(10)12-9-14-7-8-15-12/h1-4,12H,5-9H2. The third kappa shape index (κ3) is 2.80. The van der Waals surface area contributed by atoms with Crippen LogP contribution in [0, 0.1) is 0 Å². The zero-order valence-electron chi connectivity index (χ0n) is 8.62. The number of aryl methyl sites for hydroxylation is 1. The van der Waals surface area contributed by atoms with Gasteiger partial charge in [-0.05, 0) is 17.5 Å². The van der Waals surface area contributed by atoms with Crippen molar-refractivity contribution in [2.24, 2.45) is 0 Å². The highest BCUT2D eigenvalue weighted by molar-refractivity contribution is 9.09. The fourth-order valence-corrected chi connectivity index (χ4v) is 2.27. The van der Waals surface area contributed by atoms with Crippen molar-refractivity contribution in [2.75, 3.05) is 25.2 Å². The molecule has 3 heteroatoms. The minimum absolute atomic E-state index is 0.119. The number of hydrogen-bond donors (Lipinski definition) is 0. The van der Waals surface area contributed by atoms with Gasteiger partial charge in [-0.25, -0.2) is 0 Å². The van der Waals surface area contributed by atoms with Gasteiger partial charge in [-0.1, -0.05) is 40.2 Å². The monoisotopic (exact) mass is 270 g/mol. The lowest BCUT2D eigenvalue weighted by Gasteiger charge is -2.25. The van der Waals surface area contributed by atoms with Crippen LogP contribution in [0.25, 0.3) is 0 Å². The van der Waals surface area contributed by atoms with Crippen molar-refractivity contribution in [3.8, 4) is 0 Å². The topological polar surface area (TPSA) is 18.5 Å². The van der Waals surface area contributed by atoms with Crippen LogP contribution in [0.3, 0.4) is 0 Å². The molecule has 1 heterocycles. The Balaban J connectivity index is 2.17. The van der Waals surface area contributed by atoms with Gasteiger partial charge in [0.15, 0.2) is 0 Å². The minimum Gasteiger partial charge on any atom is -0.376 e. The Morgan fingerprint density at radius 1 is 1.27 bits per heavy atom. The van der Waals surface area contributed by atoms with E-state index in [1.807, 2.05) is 0 Å². The van der Waals surface area contributed by atoms with Gasteiger partial charge in [0.05, 0.1) is 19.8 Å². The van der Waals surface area contributed by atoms with Crippen molar-refractivity contribution >= 4 is 15.9 Å². The highest BCUT2D eigenvalue weighted by Crippen LogP contribution is 2.24. The number of benzene rings is 1. The Kier molecular flexibility index (Phi) is 4.18. The zero-order valence-corrected chi connectivity index (χ0v) is 10.2. The van der Waals surface area contributed by atoms with Crippen LogP contribution in [0.1, 0.15) is 17.2 Å². The van der Waals surface area contributed by atoms with E-state index in [9.17, 15) is 0 Å². The Labute approximate surface area is 98.7 Å². The van der Waals surface area contributed by atoms with Crippen LogP contribution < -0.4 is 0 Å². The molecule has 2 rings (SSSR count). The highest BCUT2D eigenvalue weighted by Gasteiger charge is 2.18. The van der Waals surface area contributed by atoms with Crippen molar-refractivity contribution < 1.29 is 9.47 Å². The van der Waals surface area contributed by atoms with E-state index in [1.54, 1.807) is 0 Å². The molecule has 1 unspecified atom stereocenters. The maximum absolute atomic E-state index is 5.71. The molecule has 15 heavy (non-hydrogen) atoms. The fraction of sp³-hybridized carbons (Fsp3) is 0.500. The maximum atomic E-state index is 5.71. The van der Waals surface area contributed by atoms with Crippen LogP contribution in [0.15, 0.2) is 24.3 Å². The van der Waals surface area contributed by atoms with Gasteiger partial charge < -0.3 is 9.47 Å². The largest absolute Gasteiger partial charge is 0.376 e. The molecule has 1 atom stereocenters. The molecule has 0 saturated carbocycles. The second-order valence-electron chi connectivity index (χ2n) is 3.57. The predicted molar refractivity (Wildman–Crippen MR) is 63.5 cm³/mol. The van der Waals surface area contributed by atoms with E-state index < -0.39 is 0 Å². The van der Waals surface area contributed by atoms with E-state index in [2.05, 4.69) is 40.2 Å². The third-order valence-corrected chi connectivity index (χ3v) is 2.98. The van der Waals surface area contributed by atoms with E-state index in [-0.39, 0.29) is 6.10 Å². The van der Waals surface area contributed by atoms with Crippen molar-refractivity contribution in [1.82, 2.24) is 0 Å². The molecular formula is C12H15BrO2. The number of hydrogen-bond acceptors (Lipinski definition) is 2. The van der Waals surface area contributed by atoms with E-state index in [4.69, 9.17) is 9.47 Å². The first-order valence-electron chi connectivity index (χ1n) is 5.25. The quantitative estimate of drug-likeness (QED) is 0.787. The summed E-state index contributed by atoms with van der Waals surface area (Å²) >= 11 is 3.47. The molecule has 2 nitrogen and oxygen atoms in total. The molecule has 1 aromatic carbocycles. The van der Waals surface area contributed by atoms with E-state index in [1.165, 1.54) is 11.1 Å². The lowest BCUT2D eigenvalue weighted by atomic mass is 10.0. The summed E-state index contributed by atoms with van der Waals surface area (Å²) in [6.07, 6.45) is 1.16. The molecule has 0 aliphatic carbocycles. The summed E-state index contributed by atoms with van der Waals surface area (Å²) in [7, 11) is 0. The molecule has 1 aromatic rings. The lowest BCUT2D eigenvalue weighted by molar-refractivity contribution is -0.0904. The normalized spacial score (nSPS) is 21.5. The third-order valence-electron chi connectivity index (χ3n) is 2.58. The lowest BCUT2D eigenvalue weighted by Crippen LogP contribution is -2.22. The molecule has 82 valence electrons. The maximum Gasteiger partial charge on any atom is 0.106 e. The Morgan fingerprint density at radius 3 is 2.87 bits per heavy atom. The van der Waals surface area contributed by atoms with Gasteiger partial charge in [-0.3, -0.25) is 0 Å². The molecule has 0 N–H and O–H groups in total. The number of ether oxygens (including phenoxy) is 2. The Bertz CT molecular complexity index is 308. The summed E-state index contributed by atoms with van der Waals surface area (Å²) in [6, 6.07) is 8.43. The van der Waals surface area contributed by atoms with E-state index in [0.717, 1.165) is 18.4 Å². The van der Waals surface area contributed by atoms with Crippen molar-refractivity contribution in [3.63, 3.8) is 0 Å². The van der Waals surface area contributed by atoms with E-state index >= 15 is 0 Å². The fourth-order valence-electron chi connectivity index (χ4n) is 1.85. The number of alkyl halides is 1. The SMILES string of the molecule is BrCCc1ccccc1C1COCCO1. The van der Waals surface area contributed by atoms with Crippen LogP contribution >= 0.6 is 15.9 Å². The average Bonchev–Trinajstić information content (AvgIpc) is 2.31. The van der Waals surface area contributed by atoms with Crippen molar-refractivity contribution in [2.45, 2.75) is 12.5 Å². The van der Waals surface area contributed by atoms with Crippen molar-refractivity contribution in [3.05, 3.63) is 35.4 Å². The van der Waals surface area contributed by atoms with Gasteiger partial charge in [0.2, 0.25) is 0 Å². The summed E-state index contributed by atoms with van der Waals surface area (Å²) in [4.78, 5) is 0. The summed E-state index contributed by atoms with van der Waals surface area (Å²) in [5, 5.41) is 0.984. The molecular weight excluding hydrogens is 256 g/mol. The van der Waals surface area contributed by atoms with Gasteiger partial charge in [0, 0.05) is 5.33 Å². The summed E-state index contributed by atoms with van der Waals surface area (Å²) in [5.74, 6) is 0. The van der Waals surface area contributed by atoms with E-state index in [0.29, 0.717) is 13.2 Å². The van der Waals surface area contributed by atoms with Crippen LogP contribution in [0.2, 0.25) is 0 Å². The first kappa shape index (κ1) is 11.1. The molecule has 1 saturated heterocycles. The second-order valence-corrected chi connectivity index (χ2v) is 4.37. The Morgan fingerprint density at radius 2 is 2.13 bits per heavy atom. The average molecular weight is 271 g/mol. The molecule has 1 fully saturated rings. The molecule has 0 spiro atoms. The van der Waals surface area contributed by atoms with Gasteiger partial charge >= 0.3 is 0 Å². The Hall–Kier alpha value is -0.380. The predicted octanol–water partition coefficient (Wildman–Crippen LogP) is 2.71. The molecule has 1 aliphatic heterocycles. The van der Waals surface area contributed by atoms with Crippen LogP contribution in [-0.2, 0) is 15.9 Å². The first-order valence-corrected chi connectivity index (χ1v) is 6.37. The molecule has 1 aliphatic rings. The van der Waals surface area contributed by atoms with Crippen molar-refractivity contribution in [1.29, 1.82) is 0 Å². The zero-order chi connectivity index (χ0) is 10.5. The first-order chi connectivity index (χ1) is 7.42. The van der Waals surface area contributed by atoms with Gasteiger partial charge in [-0.2, -0.15) is 0 Å². The van der Waals surface area contributed by atoms with Crippen LogP contribution in [-0.4, -0.2) is 25.2 Å². The molecule has 0 radical (unpaired) electrons. The molecule has 0 aromatic heterocycles. The van der Waals surface area contributed by atoms with Gasteiger partial charge in [0.25, 0.3) is 0 Å². The summed E-state index contributed by atoms with van der Waals surface area (Å²) in [5.41, 5.74) is 2.63. The van der Waals surface area contributed by atoms with Gasteiger partial charge in [0.1, 0.15) is 6.10 Å². The summed E-state index contributed by atoms with van der Waals surface area (Å²) in [6.45, 7) is 2.10. The molecule has 0 amide bonds. The van der Waals surface area contributed by atoms with Gasteiger partial charge in [-0.15, -0.1) is 0 Å². The molecule has 0 bridgehead atoms.